The van der Waals surface area contributed by atoms with Gasteiger partial charge in [-0.25, -0.2) is 4.98 Å². The van der Waals surface area contributed by atoms with E-state index >= 15 is 0 Å². The molecule has 154 valence electrons. The summed E-state index contributed by atoms with van der Waals surface area (Å²) in [5.74, 6) is 2.77. The number of likely N-dealkylation sites (N-methyl/N-ethyl adjacent to an activating group) is 1. The summed E-state index contributed by atoms with van der Waals surface area (Å²) in [6.07, 6.45) is 7.51. The molecule has 0 aliphatic carbocycles. The van der Waals surface area contributed by atoms with Gasteiger partial charge in [0.2, 0.25) is 0 Å². The molecule has 1 aliphatic heterocycles. The molecule has 2 aromatic rings. The van der Waals surface area contributed by atoms with Gasteiger partial charge in [-0.3, -0.25) is 4.90 Å². The van der Waals surface area contributed by atoms with Gasteiger partial charge in [-0.1, -0.05) is 6.07 Å². The fourth-order valence-electron chi connectivity index (χ4n) is 4.04. The first kappa shape index (κ1) is 20.7. The van der Waals surface area contributed by atoms with Crippen molar-refractivity contribution in [3.8, 4) is 11.5 Å². The molecular formula is C22H34N4O2. The molecule has 1 saturated heterocycles. The Kier molecular flexibility index (Phi) is 7.34. The predicted molar refractivity (Wildman–Crippen MR) is 112 cm³/mol. The van der Waals surface area contributed by atoms with E-state index in [1.165, 1.54) is 24.2 Å². The monoisotopic (exact) mass is 386 g/mol. The van der Waals surface area contributed by atoms with Crippen molar-refractivity contribution in [3.63, 3.8) is 0 Å². The third-order valence-corrected chi connectivity index (χ3v) is 5.81. The van der Waals surface area contributed by atoms with E-state index in [-0.39, 0.29) is 0 Å². The Morgan fingerprint density at radius 1 is 1.21 bits per heavy atom. The average molecular weight is 387 g/mol. The van der Waals surface area contributed by atoms with Crippen molar-refractivity contribution in [3.05, 3.63) is 42.0 Å². The number of nitrogens with zero attached hydrogens (tertiary/aromatic N) is 4. The van der Waals surface area contributed by atoms with E-state index < -0.39 is 0 Å². The molecule has 3 rings (SSSR count). The molecule has 28 heavy (non-hydrogen) atoms. The van der Waals surface area contributed by atoms with Crippen LogP contribution in [0.3, 0.4) is 0 Å². The Bertz CT molecular complexity index is 746. The van der Waals surface area contributed by atoms with Crippen molar-refractivity contribution in [1.82, 2.24) is 19.4 Å². The van der Waals surface area contributed by atoms with Crippen molar-refractivity contribution >= 4 is 0 Å². The van der Waals surface area contributed by atoms with E-state index in [2.05, 4.69) is 51.7 Å². The van der Waals surface area contributed by atoms with Gasteiger partial charge in [0.15, 0.2) is 11.5 Å². The van der Waals surface area contributed by atoms with Crippen LogP contribution in [0.2, 0.25) is 0 Å². The number of hydrogen-bond donors (Lipinski definition) is 0. The van der Waals surface area contributed by atoms with Gasteiger partial charge in [0.05, 0.1) is 20.8 Å². The third-order valence-electron chi connectivity index (χ3n) is 5.81. The van der Waals surface area contributed by atoms with Gasteiger partial charge >= 0.3 is 0 Å². The maximum absolute atomic E-state index is 5.43. The lowest BCUT2D eigenvalue weighted by molar-refractivity contribution is 0.109. The van der Waals surface area contributed by atoms with Gasteiger partial charge in [0.25, 0.3) is 0 Å². The molecule has 0 amide bonds. The first-order chi connectivity index (χ1) is 13.6. The van der Waals surface area contributed by atoms with E-state index in [9.17, 15) is 0 Å². The molecule has 0 saturated carbocycles. The zero-order valence-corrected chi connectivity index (χ0v) is 17.7. The first-order valence-corrected chi connectivity index (χ1v) is 10.3. The molecule has 6 nitrogen and oxygen atoms in total. The molecule has 6 heteroatoms. The summed E-state index contributed by atoms with van der Waals surface area (Å²) in [5.41, 5.74) is 1.28. The van der Waals surface area contributed by atoms with Crippen LogP contribution in [0.25, 0.3) is 0 Å². The van der Waals surface area contributed by atoms with E-state index in [1.54, 1.807) is 14.2 Å². The fraction of sp³-hybridized carbons (Fsp3) is 0.591. The minimum atomic E-state index is 0.596. The zero-order valence-electron chi connectivity index (χ0n) is 17.7. The standard InChI is InChI=1S/C22H34N4O2/c1-5-26-14-11-23-22(26)17-25-12-6-7-19(16-25)24(2)13-10-18-8-9-20(27-3)21(15-18)28-4/h8-9,11,14-15,19H,5-7,10,12-13,16-17H2,1-4H3. The van der Waals surface area contributed by atoms with Gasteiger partial charge in [0.1, 0.15) is 5.82 Å². The highest BCUT2D eigenvalue weighted by Crippen LogP contribution is 2.28. The number of benzene rings is 1. The Morgan fingerprint density at radius 2 is 2.04 bits per heavy atom. The number of imidazole rings is 1. The van der Waals surface area contributed by atoms with Crippen molar-refractivity contribution in [2.24, 2.45) is 0 Å². The second-order valence-corrected chi connectivity index (χ2v) is 7.58. The van der Waals surface area contributed by atoms with Crippen LogP contribution in [0.4, 0.5) is 0 Å². The lowest BCUT2D eigenvalue weighted by Gasteiger charge is -2.37. The van der Waals surface area contributed by atoms with Gasteiger partial charge in [0, 0.05) is 38.1 Å². The minimum Gasteiger partial charge on any atom is -0.493 e. The van der Waals surface area contributed by atoms with E-state index in [4.69, 9.17) is 9.47 Å². The van der Waals surface area contributed by atoms with E-state index in [1.807, 2.05) is 12.3 Å². The summed E-state index contributed by atoms with van der Waals surface area (Å²) in [4.78, 5) is 9.60. The molecule has 1 unspecified atom stereocenters. The van der Waals surface area contributed by atoms with Crippen molar-refractivity contribution in [2.75, 3.05) is 40.9 Å². The van der Waals surface area contributed by atoms with Crippen LogP contribution in [-0.2, 0) is 19.5 Å². The smallest absolute Gasteiger partial charge is 0.160 e. The van der Waals surface area contributed by atoms with Gasteiger partial charge < -0.3 is 18.9 Å². The van der Waals surface area contributed by atoms with Crippen molar-refractivity contribution < 1.29 is 9.47 Å². The van der Waals surface area contributed by atoms with Crippen LogP contribution < -0.4 is 9.47 Å². The SMILES string of the molecule is CCn1ccnc1CN1CCCC(N(C)CCc2ccc(OC)c(OC)c2)C1. The average Bonchev–Trinajstić information content (AvgIpc) is 3.18. The summed E-state index contributed by atoms with van der Waals surface area (Å²) >= 11 is 0. The molecule has 1 aromatic carbocycles. The van der Waals surface area contributed by atoms with Gasteiger partial charge in [-0.2, -0.15) is 0 Å². The first-order valence-electron chi connectivity index (χ1n) is 10.3. The molecule has 0 spiro atoms. The second kappa shape index (κ2) is 9.94. The van der Waals surface area contributed by atoms with Crippen LogP contribution >= 0.6 is 0 Å². The van der Waals surface area contributed by atoms with Crippen LogP contribution in [0.15, 0.2) is 30.6 Å². The van der Waals surface area contributed by atoms with Gasteiger partial charge in [-0.05, 0) is 57.5 Å². The Balaban J connectivity index is 1.53. The van der Waals surface area contributed by atoms with Crippen LogP contribution in [0.5, 0.6) is 11.5 Å². The Hall–Kier alpha value is -2.05. The maximum atomic E-state index is 5.43. The highest BCUT2D eigenvalue weighted by atomic mass is 16.5. The number of hydrogen-bond acceptors (Lipinski definition) is 5. The quantitative estimate of drug-likeness (QED) is 0.663. The maximum Gasteiger partial charge on any atom is 0.160 e. The molecule has 1 aliphatic rings. The summed E-state index contributed by atoms with van der Waals surface area (Å²) in [7, 11) is 5.61. The lowest BCUT2D eigenvalue weighted by Crippen LogP contribution is -2.46. The number of rotatable bonds is 9. The Labute approximate surface area is 169 Å². The Morgan fingerprint density at radius 3 is 2.79 bits per heavy atom. The number of aromatic nitrogens is 2. The van der Waals surface area contributed by atoms with Crippen LogP contribution in [0.1, 0.15) is 31.2 Å². The molecule has 2 heterocycles. The van der Waals surface area contributed by atoms with E-state index in [0.29, 0.717) is 6.04 Å². The molecule has 1 atom stereocenters. The third kappa shape index (κ3) is 5.06. The fourth-order valence-corrected chi connectivity index (χ4v) is 4.04. The highest BCUT2D eigenvalue weighted by Gasteiger charge is 2.24. The highest BCUT2D eigenvalue weighted by molar-refractivity contribution is 5.42. The molecule has 0 radical (unpaired) electrons. The van der Waals surface area contributed by atoms with Gasteiger partial charge in [-0.15, -0.1) is 0 Å². The number of piperidine rings is 1. The molecular weight excluding hydrogens is 352 g/mol. The number of likely N-dealkylation sites (tertiary alicyclic amines) is 1. The minimum absolute atomic E-state index is 0.596. The number of ether oxygens (including phenoxy) is 2. The predicted octanol–water partition coefficient (Wildman–Crippen LogP) is 3.06. The molecule has 1 fully saturated rings. The summed E-state index contributed by atoms with van der Waals surface area (Å²) in [6.45, 7) is 7.41. The summed E-state index contributed by atoms with van der Waals surface area (Å²) in [6, 6.07) is 6.81. The van der Waals surface area contributed by atoms with E-state index in [0.717, 1.165) is 50.6 Å². The van der Waals surface area contributed by atoms with Crippen molar-refractivity contribution in [1.29, 1.82) is 0 Å². The zero-order chi connectivity index (χ0) is 19.9. The number of aryl methyl sites for hydroxylation is 1. The van der Waals surface area contributed by atoms with Crippen LogP contribution in [-0.4, -0.2) is 66.3 Å². The van der Waals surface area contributed by atoms with Crippen molar-refractivity contribution in [2.45, 2.75) is 45.3 Å². The largest absolute Gasteiger partial charge is 0.493 e. The topological polar surface area (TPSA) is 42.8 Å². The molecule has 0 bridgehead atoms. The molecule has 1 aromatic heterocycles. The normalized spacial score (nSPS) is 17.8. The molecule has 0 N–H and O–H groups in total. The lowest BCUT2D eigenvalue weighted by atomic mass is 10.0. The second-order valence-electron chi connectivity index (χ2n) is 7.58. The van der Waals surface area contributed by atoms with Crippen LogP contribution in [0, 0.1) is 0 Å². The summed E-state index contributed by atoms with van der Waals surface area (Å²) in [5, 5.41) is 0. The summed E-state index contributed by atoms with van der Waals surface area (Å²) < 4.78 is 13.0. The number of methoxy groups -OCH3 is 2.